The normalized spacial score (nSPS) is 20.2. The third kappa shape index (κ3) is 4.63. The highest BCUT2D eigenvalue weighted by molar-refractivity contribution is 6.00. The standard InChI is InChI=1S/C19H22F3N3O4/c1-2-29-18(28)24-8-6-23(7-9-24)17(27)13-10-16(26)25(12-13)15-5-3-4-14(11-15)19(20,21)22/h3-5,11,13H,2,6-10,12H2,1H3. The Morgan fingerprint density at radius 3 is 2.41 bits per heavy atom. The van der Waals surface area contributed by atoms with Crippen LogP contribution in [0.15, 0.2) is 24.3 Å². The van der Waals surface area contributed by atoms with Crippen LogP contribution in [0.3, 0.4) is 0 Å². The highest BCUT2D eigenvalue weighted by Crippen LogP contribution is 2.33. The zero-order valence-corrected chi connectivity index (χ0v) is 15.9. The zero-order chi connectivity index (χ0) is 21.2. The smallest absolute Gasteiger partial charge is 0.416 e. The van der Waals surface area contributed by atoms with Gasteiger partial charge < -0.3 is 19.4 Å². The Morgan fingerprint density at radius 1 is 1.14 bits per heavy atom. The average molecular weight is 413 g/mol. The van der Waals surface area contributed by atoms with E-state index in [0.717, 1.165) is 12.1 Å². The average Bonchev–Trinajstić information content (AvgIpc) is 3.09. The molecule has 0 N–H and O–H groups in total. The lowest BCUT2D eigenvalue weighted by Crippen LogP contribution is -2.52. The van der Waals surface area contributed by atoms with Crippen LogP contribution in [0.1, 0.15) is 18.9 Å². The van der Waals surface area contributed by atoms with E-state index in [0.29, 0.717) is 26.2 Å². The van der Waals surface area contributed by atoms with E-state index < -0.39 is 23.8 Å². The highest BCUT2D eigenvalue weighted by atomic mass is 19.4. The SMILES string of the molecule is CCOC(=O)N1CCN(C(=O)C2CC(=O)N(c3cccc(C(F)(F)F)c3)C2)CC1. The van der Waals surface area contributed by atoms with Crippen molar-refractivity contribution in [2.24, 2.45) is 5.92 Å². The highest BCUT2D eigenvalue weighted by Gasteiger charge is 2.39. The molecule has 29 heavy (non-hydrogen) atoms. The van der Waals surface area contributed by atoms with Crippen LogP contribution in [-0.2, 0) is 20.5 Å². The van der Waals surface area contributed by atoms with Gasteiger partial charge in [0.1, 0.15) is 0 Å². The van der Waals surface area contributed by atoms with Gasteiger partial charge in [0.05, 0.1) is 18.1 Å². The van der Waals surface area contributed by atoms with Crippen LogP contribution in [0.5, 0.6) is 0 Å². The second kappa shape index (κ2) is 8.30. The second-order valence-corrected chi connectivity index (χ2v) is 6.96. The molecule has 0 saturated carbocycles. The minimum absolute atomic E-state index is 0.0388. The fraction of sp³-hybridized carbons (Fsp3) is 0.526. The Hall–Kier alpha value is -2.78. The zero-order valence-electron chi connectivity index (χ0n) is 15.9. The molecule has 1 atom stereocenters. The molecule has 2 saturated heterocycles. The molecule has 2 aliphatic rings. The quantitative estimate of drug-likeness (QED) is 0.763. The van der Waals surface area contributed by atoms with Gasteiger partial charge in [-0.3, -0.25) is 9.59 Å². The van der Waals surface area contributed by atoms with Crippen LogP contribution >= 0.6 is 0 Å². The molecule has 3 amide bonds. The molecule has 0 radical (unpaired) electrons. The summed E-state index contributed by atoms with van der Waals surface area (Å²) < 4.78 is 43.7. The molecular weight excluding hydrogens is 391 g/mol. The van der Waals surface area contributed by atoms with E-state index in [1.807, 2.05) is 0 Å². The molecule has 1 aromatic carbocycles. The van der Waals surface area contributed by atoms with E-state index in [1.165, 1.54) is 21.9 Å². The maximum absolute atomic E-state index is 12.9. The van der Waals surface area contributed by atoms with Gasteiger partial charge in [-0.05, 0) is 25.1 Å². The van der Waals surface area contributed by atoms with Gasteiger partial charge in [0.2, 0.25) is 11.8 Å². The lowest BCUT2D eigenvalue weighted by Gasteiger charge is -2.35. The Kier molecular flexibility index (Phi) is 5.99. The van der Waals surface area contributed by atoms with E-state index in [1.54, 1.807) is 11.8 Å². The van der Waals surface area contributed by atoms with Gasteiger partial charge in [0.15, 0.2) is 0 Å². The molecule has 158 valence electrons. The maximum Gasteiger partial charge on any atom is 0.416 e. The van der Waals surface area contributed by atoms with Crippen molar-refractivity contribution in [3.05, 3.63) is 29.8 Å². The third-order valence-corrected chi connectivity index (χ3v) is 5.08. The molecule has 0 spiro atoms. The predicted octanol–water partition coefficient (Wildman–Crippen LogP) is 2.36. The third-order valence-electron chi connectivity index (χ3n) is 5.08. The lowest BCUT2D eigenvalue weighted by molar-refractivity contribution is -0.138. The molecule has 0 aromatic heterocycles. The van der Waals surface area contributed by atoms with Gasteiger partial charge >= 0.3 is 12.3 Å². The minimum atomic E-state index is -4.51. The number of ether oxygens (including phenoxy) is 1. The Morgan fingerprint density at radius 2 is 1.79 bits per heavy atom. The number of hydrogen-bond donors (Lipinski definition) is 0. The number of hydrogen-bond acceptors (Lipinski definition) is 4. The topological polar surface area (TPSA) is 70.2 Å². The summed E-state index contributed by atoms with van der Waals surface area (Å²) in [6, 6.07) is 4.53. The summed E-state index contributed by atoms with van der Waals surface area (Å²) in [5, 5.41) is 0. The summed E-state index contributed by atoms with van der Waals surface area (Å²) in [7, 11) is 0. The van der Waals surface area contributed by atoms with Gasteiger partial charge in [-0.2, -0.15) is 13.2 Å². The number of carbonyl (C=O) groups excluding carboxylic acids is 3. The van der Waals surface area contributed by atoms with Gasteiger partial charge in [-0.1, -0.05) is 6.07 Å². The van der Waals surface area contributed by atoms with Crippen molar-refractivity contribution in [1.29, 1.82) is 0 Å². The van der Waals surface area contributed by atoms with Crippen LogP contribution < -0.4 is 4.90 Å². The first kappa shape index (κ1) is 20.9. The molecule has 0 bridgehead atoms. The molecular formula is C19H22F3N3O4. The molecule has 1 unspecified atom stereocenters. The summed E-state index contributed by atoms with van der Waals surface area (Å²) in [5.41, 5.74) is -0.708. The van der Waals surface area contributed by atoms with E-state index in [9.17, 15) is 27.6 Å². The summed E-state index contributed by atoms with van der Waals surface area (Å²) in [6.45, 7) is 3.35. The summed E-state index contributed by atoms with van der Waals surface area (Å²) in [4.78, 5) is 41.2. The number of nitrogens with zero attached hydrogens (tertiary/aromatic N) is 3. The van der Waals surface area contributed by atoms with Crippen LogP contribution in [0.4, 0.5) is 23.7 Å². The molecule has 3 rings (SSSR count). The molecule has 2 fully saturated rings. The number of halogens is 3. The van der Waals surface area contributed by atoms with E-state index >= 15 is 0 Å². The van der Waals surface area contributed by atoms with Crippen molar-refractivity contribution in [3.8, 4) is 0 Å². The van der Waals surface area contributed by atoms with Crippen molar-refractivity contribution in [2.75, 3.05) is 44.2 Å². The van der Waals surface area contributed by atoms with Crippen LogP contribution in [0.25, 0.3) is 0 Å². The van der Waals surface area contributed by atoms with Gasteiger partial charge in [0.25, 0.3) is 0 Å². The minimum Gasteiger partial charge on any atom is -0.450 e. The number of carbonyl (C=O) groups is 3. The summed E-state index contributed by atoms with van der Waals surface area (Å²) in [5.74, 6) is -1.23. The van der Waals surface area contributed by atoms with Crippen LogP contribution in [-0.4, -0.2) is 67.0 Å². The Labute approximate surface area is 166 Å². The van der Waals surface area contributed by atoms with E-state index in [4.69, 9.17) is 4.74 Å². The first-order valence-electron chi connectivity index (χ1n) is 9.38. The molecule has 1 aromatic rings. The first-order chi connectivity index (χ1) is 13.7. The Balaban J connectivity index is 1.62. The van der Waals surface area contributed by atoms with Crippen LogP contribution in [0.2, 0.25) is 0 Å². The number of amides is 3. The van der Waals surface area contributed by atoms with Crippen molar-refractivity contribution >= 4 is 23.6 Å². The van der Waals surface area contributed by atoms with E-state index in [2.05, 4.69) is 0 Å². The number of rotatable bonds is 3. The Bertz CT molecular complexity index is 791. The predicted molar refractivity (Wildman–Crippen MR) is 97.1 cm³/mol. The fourth-order valence-corrected chi connectivity index (χ4v) is 3.56. The van der Waals surface area contributed by atoms with Crippen molar-refractivity contribution in [3.63, 3.8) is 0 Å². The van der Waals surface area contributed by atoms with Crippen molar-refractivity contribution in [2.45, 2.75) is 19.5 Å². The summed E-state index contributed by atoms with van der Waals surface area (Å²) in [6.07, 6.45) is -4.98. The van der Waals surface area contributed by atoms with Gasteiger partial charge in [-0.25, -0.2) is 4.79 Å². The maximum atomic E-state index is 12.9. The van der Waals surface area contributed by atoms with Crippen LogP contribution in [0, 0.1) is 5.92 Å². The van der Waals surface area contributed by atoms with Crippen molar-refractivity contribution < 1.29 is 32.3 Å². The number of benzene rings is 1. The lowest BCUT2D eigenvalue weighted by atomic mass is 10.1. The number of piperazine rings is 1. The summed E-state index contributed by atoms with van der Waals surface area (Å²) >= 11 is 0. The molecule has 2 aliphatic heterocycles. The monoisotopic (exact) mass is 413 g/mol. The number of alkyl halides is 3. The number of anilines is 1. The van der Waals surface area contributed by atoms with Gasteiger partial charge in [0, 0.05) is 44.8 Å². The molecule has 10 heteroatoms. The molecule has 7 nitrogen and oxygen atoms in total. The first-order valence-corrected chi connectivity index (χ1v) is 9.38. The fourth-order valence-electron chi connectivity index (χ4n) is 3.56. The van der Waals surface area contributed by atoms with Gasteiger partial charge in [-0.15, -0.1) is 0 Å². The molecule has 2 heterocycles. The van der Waals surface area contributed by atoms with Crippen molar-refractivity contribution in [1.82, 2.24) is 9.80 Å². The van der Waals surface area contributed by atoms with E-state index in [-0.39, 0.29) is 37.1 Å². The second-order valence-electron chi connectivity index (χ2n) is 6.96. The largest absolute Gasteiger partial charge is 0.450 e. The molecule has 0 aliphatic carbocycles.